The molecule has 1 aromatic carbocycles. The predicted octanol–water partition coefficient (Wildman–Crippen LogP) is 3.93. The van der Waals surface area contributed by atoms with Crippen molar-refractivity contribution in [3.8, 4) is 0 Å². The average molecular weight is 374 g/mol. The second kappa shape index (κ2) is 6.85. The Kier molecular flexibility index (Phi) is 5.02. The summed E-state index contributed by atoms with van der Waals surface area (Å²) < 4.78 is 38.2. The number of nitro benzene ring substituents is 1. The molecule has 0 aliphatic carbocycles. The minimum Gasteiger partial charge on any atom is -0.477 e. The van der Waals surface area contributed by atoms with Crippen molar-refractivity contribution in [3.05, 3.63) is 62.2 Å². The molecule has 0 saturated carbocycles. The third-order valence-corrected chi connectivity index (χ3v) is 3.15. The number of nitro groups is 1. The Morgan fingerprint density at radius 3 is 2.48 bits per heavy atom. The van der Waals surface area contributed by atoms with Crippen LogP contribution in [0, 0.1) is 10.1 Å². The van der Waals surface area contributed by atoms with Crippen molar-refractivity contribution >= 4 is 35.4 Å². The zero-order valence-electron chi connectivity index (χ0n) is 12.0. The summed E-state index contributed by atoms with van der Waals surface area (Å²) in [6.45, 7) is 0. The number of carbonyl (C=O) groups is 1. The van der Waals surface area contributed by atoms with Crippen molar-refractivity contribution < 1.29 is 28.0 Å². The standard InChI is InChI=1S/C14H7ClF3N3O4/c15-9-4-2-7(5-11(9)21(24)25)1-3-8-6-10(12(22)23)20-13(19-8)14(16,17)18/h1-6H,(H,22,23)/b3-1+. The Hall–Kier alpha value is -3.01. The first kappa shape index (κ1) is 18.3. The summed E-state index contributed by atoms with van der Waals surface area (Å²) >= 11 is 5.66. The topological polar surface area (TPSA) is 106 Å². The van der Waals surface area contributed by atoms with Crippen LogP contribution >= 0.6 is 11.6 Å². The van der Waals surface area contributed by atoms with Gasteiger partial charge in [-0.05, 0) is 23.8 Å². The molecule has 0 aliphatic rings. The van der Waals surface area contributed by atoms with E-state index in [2.05, 4.69) is 9.97 Å². The fourth-order valence-corrected chi connectivity index (χ4v) is 1.93. The maximum atomic E-state index is 12.7. The van der Waals surface area contributed by atoms with E-state index in [-0.39, 0.29) is 22.0 Å². The lowest BCUT2D eigenvalue weighted by molar-refractivity contribution is -0.384. The van der Waals surface area contributed by atoms with Crippen LogP contribution in [0.1, 0.15) is 27.6 Å². The molecule has 2 aromatic rings. The van der Waals surface area contributed by atoms with Gasteiger partial charge in [0.1, 0.15) is 5.02 Å². The van der Waals surface area contributed by atoms with Crippen molar-refractivity contribution in [1.82, 2.24) is 9.97 Å². The third kappa shape index (κ3) is 4.51. The third-order valence-electron chi connectivity index (χ3n) is 2.83. The summed E-state index contributed by atoms with van der Waals surface area (Å²) in [7, 11) is 0. The molecule has 0 spiro atoms. The lowest BCUT2D eigenvalue weighted by Crippen LogP contribution is -2.15. The van der Waals surface area contributed by atoms with E-state index in [4.69, 9.17) is 16.7 Å². The summed E-state index contributed by atoms with van der Waals surface area (Å²) in [4.78, 5) is 27.2. The zero-order valence-corrected chi connectivity index (χ0v) is 12.7. The van der Waals surface area contributed by atoms with Crippen LogP contribution in [0.2, 0.25) is 5.02 Å². The molecule has 0 aliphatic heterocycles. The Balaban J connectivity index is 2.44. The Morgan fingerprint density at radius 1 is 1.24 bits per heavy atom. The van der Waals surface area contributed by atoms with Gasteiger partial charge in [-0.3, -0.25) is 10.1 Å². The van der Waals surface area contributed by atoms with Gasteiger partial charge in [-0.1, -0.05) is 23.7 Å². The normalized spacial score (nSPS) is 11.7. The first-order valence-electron chi connectivity index (χ1n) is 6.39. The lowest BCUT2D eigenvalue weighted by Gasteiger charge is -2.06. The molecule has 25 heavy (non-hydrogen) atoms. The number of nitrogens with zero attached hydrogens (tertiary/aromatic N) is 3. The van der Waals surface area contributed by atoms with Crippen molar-refractivity contribution in [1.29, 1.82) is 0 Å². The minimum absolute atomic E-state index is 0.100. The van der Waals surface area contributed by atoms with Crippen LogP contribution in [0.15, 0.2) is 24.3 Å². The van der Waals surface area contributed by atoms with Crippen LogP contribution in [-0.4, -0.2) is 26.0 Å². The van der Waals surface area contributed by atoms with Gasteiger partial charge in [0.05, 0.1) is 10.6 Å². The van der Waals surface area contributed by atoms with Crippen molar-refractivity contribution in [2.24, 2.45) is 0 Å². The SMILES string of the molecule is O=C(O)c1cc(/C=C/c2ccc(Cl)c([N+](=O)[O-])c2)nc(C(F)(F)F)n1. The highest BCUT2D eigenvalue weighted by Gasteiger charge is 2.35. The molecule has 130 valence electrons. The molecule has 0 bridgehead atoms. The van der Waals surface area contributed by atoms with Crippen LogP contribution in [0.4, 0.5) is 18.9 Å². The highest BCUT2D eigenvalue weighted by atomic mass is 35.5. The predicted molar refractivity (Wildman–Crippen MR) is 81.0 cm³/mol. The maximum Gasteiger partial charge on any atom is 0.451 e. The largest absolute Gasteiger partial charge is 0.477 e. The fourth-order valence-electron chi connectivity index (χ4n) is 1.74. The lowest BCUT2D eigenvalue weighted by atomic mass is 10.1. The van der Waals surface area contributed by atoms with Crippen molar-refractivity contribution in [2.75, 3.05) is 0 Å². The minimum atomic E-state index is -4.92. The highest BCUT2D eigenvalue weighted by Crippen LogP contribution is 2.28. The molecule has 0 fully saturated rings. The van der Waals surface area contributed by atoms with Gasteiger partial charge in [-0.15, -0.1) is 0 Å². The summed E-state index contributed by atoms with van der Waals surface area (Å²) in [5, 5.41) is 19.6. The van der Waals surface area contributed by atoms with E-state index in [1.165, 1.54) is 18.2 Å². The van der Waals surface area contributed by atoms with Gasteiger partial charge >= 0.3 is 12.1 Å². The number of hydrogen-bond acceptors (Lipinski definition) is 5. The smallest absolute Gasteiger partial charge is 0.451 e. The van der Waals surface area contributed by atoms with Crippen LogP contribution in [0.25, 0.3) is 12.2 Å². The summed E-state index contributed by atoms with van der Waals surface area (Å²) in [6, 6.07) is 4.61. The molecule has 7 nitrogen and oxygen atoms in total. The fraction of sp³-hybridized carbons (Fsp3) is 0.0714. The number of carboxylic acids is 1. The van der Waals surface area contributed by atoms with Gasteiger partial charge in [0.25, 0.3) is 5.69 Å². The molecule has 1 aromatic heterocycles. The van der Waals surface area contributed by atoms with Gasteiger partial charge in [0.2, 0.25) is 5.82 Å². The quantitative estimate of drug-likeness (QED) is 0.643. The van der Waals surface area contributed by atoms with Gasteiger partial charge in [0.15, 0.2) is 5.69 Å². The Bertz CT molecular complexity index is 884. The first-order chi connectivity index (χ1) is 11.6. The Morgan fingerprint density at radius 2 is 1.92 bits per heavy atom. The highest BCUT2D eigenvalue weighted by molar-refractivity contribution is 6.32. The number of halogens is 4. The first-order valence-corrected chi connectivity index (χ1v) is 6.77. The van der Waals surface area contributed by atoms with Crippen LogP contribution < -0.4 is 0 Å². The summed E-state index contributed by atoms with van der Waals surface area (Å²) in [6.07, 6.45) is -2.61. The molecule has 0 saturated heterocycles. The number of rotatable bonds is 4. The number of hydrogen-bond donors (Lipinski definition) is 1. The molecule has 2 rings (SSSR count). The molecule has 1 heterocycles. The zero-order chi connectivity index (χ0) is 18.8. The van der Waals surface area contributed by atoms with E-state index in [1.807, 2.05) is 0 Å². The number of aromatic nitrogens is 2. The molecular weight excluding hydrogens is 367 g/mol. The summed E-state index contributed by atoms with van der Waals surface area (Å²) in [5.41, 5.74) is -1.27. The van der Waals surface area contributed by atoms with E-state index in [0.717, 1.165) is 18.2 Å². The maximum absolute atomic E-state index is 12.7. The van der Waals surface area contributed by atoms with Gasteiger partial charge in [-0.2, -0.15) is 13.2 Å². The molecule has 0 unspecified atom stereocenters. The molecular formula is C14H7ClF3N3O4. The molecule has 0 radical (unpaired) electrons. The molecule has 1 N–H and O–H groups in total. The Labute approximate surface area is 142 Å². The number of aromatic carboxylic acids is 1. The van der Waals surface area contributed by atoms with Crippen molar-refractivity contribution in [3.63, 3.8) is 0 Å². The van der Waals surface area contributed by atoms with Gasteiger partial charge in [0, 0.05) is 6.07 Å². The second-order valence-corrected chi connectivity index (χ2v) is 5.01. The number of alkyl halides is 3. The van der Waals surface area contributed by atoms with Gasteiger partial charge in [-0.25, -0.2) is 14.8 Å². The van der Waals surface area contributed by atoms with E-state index < -0.39 is 28.6 Å². The second-order valence-electron chi connectivity index (χ2n) is 4.61. The molecule has 0 amide bonds. The van der Waals surface area contributed by atoms with E-state index in [0.29, 0.717) is 0 Å². The van der Waals surface area contributed by atoms with Crippen molar-refractivity contribution in [2.45, 2.75) is 6.18 Å². The average Bonchev–Trinajstić information content (AvgIpc) is 2.52. The van der Waals surface area contributed by atoms with E-state index in [9.17, 15) is 28.1 Å². The van der Waals surface area contributed by atoms with E-state index >= 15 is 0 Å². The van der Waals surface area contributed by atoms with Crippen LogP contribution in [-0.2, 0) is 6.18 Å². The molecule has 0 atom stereocenters. The van der Waals surface area contributed by atoms with E-state index in [1.54, 1.807) is 0 Å². The van der Waals surface area contributed by atoms with Crippen LogP contribution in [0.5, 0.6) is 0 Å². The number of benzene rings is 1. The number of carboxylic acid groups (broad SMARTS) is 1. The monoisotopic (exact) mass is 373 g/mol. The van der Waals surface area contributed by atoms with Crippen LogP contribution in [0.3, 0.4) is 0 Å². The van der Waals surface area contributed by atoms with Gasteiger partial charge < -0.3 is 5.11 Å². The molecule has 11 heteroatoms. The summed E-state index contributed by atoms with van der Waals surface area (Å²) in [5.74, 6) is -3.25.